The van der Waals surface area contributed by atoms with E-state index in [9.17, 15) is 14.4 Å². The van der Waals surface area contributed by atoms with Gasteiger partial charge in [0.2, 0.25) is 5.91 Å². The Hall–Kier alpha value is -4.41. The van der Waals surface area contributed by atoms with Crippen molar-refractivity contribution in [3.05, 3.63) is 72.3 Å². The van der Waals surface area contributed by atoms with Crippen LogP contribution in [-0.4, -0.2) is 71.1 Å². The summed E-state index contributed by atoms with van der Waals surface area (Å²) in [4.78, 5) is 42.2. The molecule has 1 N–H and O–H groups in total. The van der Waals surface area contributed by atoms with Crippen molar-refractivity contribution in [2.24, 2.45) is 5.92 Å². The number of ether oxygens (including phenoxy) is 4. The Balaban J connectivity index is 1.37. The minimum Gasteiger partial charge on any atom is -0.482 e. The number of piperidine rings is 1. The van der Waals surface area contributed by atoms with Crippen LogP contribution >= 0.6 is 0 Å². The summed E-state index contributed by atoms with van der Waals surface area (Å²) in [6, 6.07) is 21.2. The Morgan fingerprint density at radius 2 is 1.87 bits per heavy atom. The molecule has 0 aromatic heterocycles. The van der Waals surface area contributed by atoms with Crippen LogP contribution in [0.5, 0.6) is 11.5 Å². The highest BCUT2D eigenvalue weighted by Gasteiger charge is 2.36. The van der Waals surface area contributed by atoms with Crippen LogP contribution < -0.4 is 24.6 Å². The molecule has 2 atom stereocenters. The van der Waals surface area contributed by atoms with Crippen molar-refractivity contribution in [2.75, 3.05) is 62.9 Å². The number of fused-ring (bicyclic) bond motifs is 1. The zero-order valence-corrected chi connectivity index (χ0v) is 26.1. The van der Waals surface area contributed by atoms with E-state index >= 15 is 0 Å². The maximum atomic E-state index is 14.3. The topological polar surface area (TPSA) is 107 Å². The average molecular weight is 616 g/mol. The van der Waals surface area contributed by atoms with E-state index in [4.69, 9.17) is 18.9 Å². The molecule has 1 saturated heterocycles. The molecule has 0 saturated carbocycles. The molecule has 2 aliphatic rings. The van der Waals surface area contributed by atoms with Crippen LogP contribution in [0.25, 0.3) is 11.1 Å². The molecule has 10 nitrogen and oxygen atoms in total. The molecule has 0 bridgehead atoms. The fourth-order valence-corrected chi connectivity index (χ4v) is 6.06. The number of methoxy groups -OCH3 is 1. The first-order valence-corrected chi connectivity index (χ1v) is 15.6. The standard InChI is InChI=1S/C35H41N3O7/c1-4-37(27-12-15-32-31(21-27)38(18-7-19-42-3)33(39)23-44-32)34(40)30-22-36-17-16-29(30)26-9-6-8-25(20-26)24-10-13-28(14-11-24)45-35(41)43-5-2/h6,8-15,20-21,29-30,36H,4-5,7,16-19,22-23H2,1-3H3/t29-,30+/m1/s1. The number of nitrogens with zero attached hydrogens (tertiary/aromatic N) is 2. The molecule has 2 aliphatic heterocycles. The molecule has 3 aromatic rings. The van der Waals surface area contributed by atoms with Gasteiger partial charge in [-0.2, -0.15) is 0 Å². The number of rotatable bonds is 11. The number of carbonyl (C=O) groups excluding carboxylic acids is 3. The highest BCUT2D eigenvalue weighted by atomic mass is 16.7. The molecule has 2 amide bonds. The van der Waals surface area contributed by atoms with Crippen molar-refractivity contribution in [1.82, 2.24) is 5.32 Å². The third-order valence-corrected chi connectivity index (χ3v) is 8.27. The molecule has 238 valence electrons. The minimum atomic E-state index is -0.730. The van der Waals surface area contributed by atoms with Crippen LogP contribution in [0.3, 0.4) is 0 Å². The molecule has 0 unspecified atom stereocenters. The number of carbonyl (C=O) groups is 3. The average Bonchev–Trinajstić information content (AvgIpc) is 3.06. The molecular formula is C35H41N3O7. The quantitative estimate of drug-likeness (QED) is 0.174. The van der Waals surface area contributed by atoms with Gasteiger partial charge in [-0.25, -0.2) is 4.79 Å². The zero-order valence-electron chi connectivity index (χ0n) is 26.1. The first-order valence-electron chi connectivity index (χ1n) is 15.6. The summed E-state index contributed by atoms with van der Waals surface area (Å²) in [5.74, 6) is 0.715. The van der Waals surface area contributed by atoms with Gasteiger partial charge in [0, 0.05) is 39.0 Å². The van der Waals surface area contributed by atoms with Crippen molar-refractivity contribution in [3.63, 3.8) is 0 Å². The highest BCUT2D eigenvalue weighted by Crippen LogP contribution is 2.38. The first-order chi connectivity index (χ1) is 21.9. The van der Waals surface area contributed by atoms with Crippen molar-refractivity contribution in [3.8, 4) is 22.6 Å². The summed E-state index contributed by atoms with van der Waals surface area (Å²) >= 11 is 0. The van der Waals surface area contributed by atoms with Gasteiger partial charge in [-0.3, -0.25) is 9.59 Å². The summed E-state index contributed by atoms with van der Waals surface area (Å²) in [6.45, 7) is 6.87. The molecule has 0 aliphatic carbocycles. The van der Waals surface area contributed by atoms with Crippen LogP contribution in [0.1, 0.15) is 38.2 Å². The summed E-state index contributed by atoms with van der Waals surface area (Å²) < 4.78 is 21.0. The van der Waals surface area contributed by atoms with Crippen LogP contribution in [0.4, 0.5) is 16.2 Å². The third-order valence-electron chi connectivity index (χ3n) is 8.27. The van der Waals surface area contributed by atoms with Gasteiger partial charge < -0.3 is 34.1 Å². The van der Waals surface area contributed by atoms with Crippen molar-refractivity contribution >= 4 is 29.3 Å². The van der Waals surface area contributed by atoms with Gasteiger partial charge in [0.05, 0.1) is 18.2 Å². The van der Waals surface area contributed by atoms with Crippen LogP contribution in [-0.2, 0) is 19.1 Å². The Morgan fingerprint density at radius 1 is 1.04 bits per heavy atom. The fourth-order valence-electron chi connectivity index (χ4n) is 6.06. The maximum absolute atomic E-state index is 14.3. The van der Waals surface area contributed by atoms with Gasteiger partial charge in [-0.1, -0.05) is 36.4 Å². The van der Waals surface area contributed by atoms with E-state index < -0.39 is 6.16 Å². The Morgan fingerprint density at radius 3 is 2.62 bits per heavy atom. The lowest BCUT2D eigenvalue weighted by atomic mass is 9.79. The van der Waals surface area contributed by atoms with Crippen LogP contribution in [0, 0.1) is 5.92 Å². The summed E-state index contributed by atoms with van der Waals surface area (Å²) in [7, 11) is 1.64. The van der Waals surface area contributed by atoms with Gasteiger partial charge in [0.25, 0.3) is 5.91 Å². The smallest absolute Gasteiger partial charge is 0.482 e. The van der Waals surface area contributed by atoms with E-state index in [1.54, 1.807) is 31.1 Å². The highest BCUT2D eigenvalue weighted by molar-refractivity contribution is 6.00. The van der Waals surface area contributed by atoms with Crippen LogP contribution in [0.15, 0.2) is 66.7 Å². The van der Waals surface area contributed by atoms with Crippen LogP contribution in [0.2, 0.25) is 0 Å². The van der Waals surface area contributed by atoms with E-state index in [0.29, 0.717) is 49.8 Å². The lowest BCUT2D eigenvalue weighted by molar-refractivity contribution is -0.123. The van der Waals surface area contributed by atoms with Crippen molar-refractivity contribution in [1.29, 1.82) is 0 Å². The van der Waals surface area contributed by atoms with Gasteiger partial charge in [-0.05, 0) is 86.2 Å². The second-order valence-corrected chi connectivity index (χ2v) is 11.1. The van der Waals surface area contributed by atoms with E-state index in [0.717, 1.165) is 35.3 Å². The number of nitrogens with one attached hydrogen (secondary N) is 1. The molecule has 10 heteroatoms. The number of benzene rings is 3. The molecule has 1 fully saturated rings. The fraction of sp³-hybridized carbons (Fsp3) is 0.400. The van der Waals surface area contributed by atoms with E-state index in [2.05, 4.69) is 17.4 Å². The Kier molecular flexibility index (Phi) is 10.7. The normalized spacial score (nSPS) is 17.7. The number of amides is 2. The predicted molar refractivity (Wildman–Crippen MR) is 172 cm³/mol. The zero-order chi connectivity index (χ0) is 31.8. The molecule has 3 aromatic carbocycles. The third kappa shape index (κ3) is 7.46. The van der Waals surface area contributed by atoms with Crippen molar-refractivity contribution < 1.29 is 33.3 Å². The predicted octanol–water partition coefficient (Wildman–Crippen LogP) is 5.40. The summed E-state index contributed by atoms with van der Waals surface area (Å²) in [5, 5.41) is 3.43. The van der Waals surface area contributed by atoms with Gasteiger partial charge in [-0.15, -0.1) is 0 Å². The Labute approximate surface area is 264 Å². The monoisotopic (exact) mass is 615 g/mol. The van der Waals surface area contributed by atoms with Crippen molar-refractivity contribution in [2.45, 2.75) is 32.6 Å². The second kappa shape index (κ2) is 15.0. The lowest BCUT2D eigenvalue weighted by Gasteiger charge is -2.36. The number of anilines is 2. The number of hydrogen-bond donors (Lipinski definition) is 1. The number of hydrogen-bond acceptors (Lipinski definition) is 8. The molecule has 5 rings (SSSR count). The first kappa shape index (κ1) is 32.0. The molecule has 2 heterocycles. The summed E-state index contributed by atoms with van der Waals surface area (Å²) in [5.41, 5.74) is 4.50. The van der Waals surface area contributed by atoms with Gasteiger partial charge in [0.15, 0.2) is 6.61 Å². The lowest BCUT2D eigenvalue weighted by Crippen LogP contribution is -2.46. The maximum Gasteiger partial charge on any atom is 0.513 e. The molecule has 45 heavy (non-hydrogen) atoms. The molecular weight excluding hydrogens is 574 g/mol. The summed E-state index contributed by atoms with van der Waals surface area (Å²) in [6.07, 6.45) is 0.790. The molecule has 0 spiro atoms. The van der Waals surface area contributed by atoms with Gasteiger partial charge in [0.1, 0.15) is 11.5 Å². The van der Waals surface area contributed by atoms with E-state index in [1.165, 1.54) is 0 Å². The Bertz CT molecular complexity index is 1490. The van der Waals surface area contributed by atoms with E-state index in [1.807, 2.05) is 54.3 Å². The largest absolute Gasteiger partial charge is 0.513 e. The van der Waals surface area contributed by atoms with Gasteiger partial charge >= 0.3 is 6.16 Å². The second-order valence-electron chi connectivity index (χ2n) is 11.1. The minimum absolute atomic E-state index is 0.00421. The molecule has 0 radical (unpaired) electrons. The van der Waals surface area contributed by atoms with E-state index in [-0.39, 0.29) is 36.9 Å². The SMILES string of the molecule is CCOC(=O)Oc1ccc(-c2cccc([C@H]3CCNC[C@@H]3C(=O)N(CC)c3ccc4c(c3)N(CCCOC)C(=O)CO4)c2)cc1.